The number of nitrogens with zero attached hydrogens (tertiary/aromatic N) is 6. The summed E-state index contributed by atoms with van der Waals surface area (Å²) in [5.41, 5.74) is 2.48. The molecule has 0 radical (unpaired) electrons. The van der Waals surface area contributed by atoms with Gasteiger partial charge in [-0.05, 0) is 33.6 Å². The second-order valence-corrected chi connectivity index (χ2v) is 7.05. The smallest absolute Gasteiger partial charge is 0.410 e. The van der Waals surface area contributed by atoms with Crippen LogP contribution in [-0.2, 0) is 4.74 Å². The van der Waals surface area contributed by atoms with Crippen molar-refractivity contribution >= 4 is 17.6 Å². The fraction of sp³-hybridized carbons (Fsp3) is 0.588. The van der Waals surface area contributed by atoms with Crippen LogP contribution >= 0.6 is 0 Å². The molecule has 26 heavy (non-hydrogen) atoms. The van der Waals surface area contributed by atoms with Crippen LogP contribution < -0.4 is 0 Å². The van der Waals surface area contributed by atoms with Gasteiger partial charge in [0, 0.05) is 25.2 Å². The van der Waals surface area contributed by atoms with Crippen molar-refractivity contribution in [2.75, 3.05) is 19.7 Å². The van der Waals surface area contributed by atoms with Crippen LogP contribution in [0.2, 0.25) is 0 Å². The van der Waals surface area contributed by atoms with E-state index < -0.39 is 0 Å². The molecule has 0 aliphatic carbocycles. The molecule has 138 valence electrons. The fourth-order valence-corrected chi connectivity index (χ4v) is 3.81. The maximum atomic E-state index is 12.9. The van der Waals surface area contributed by atoms with Gasteiger partial charge in [-0.2, -0.15) is 5.10 Å². The number of hydrogen-bond acceptors (Lipinski definition) is 6. The second kappa shape index (κ2) is 6.22. The molecular weight excluding hydrogens is 336 g/mol. The highest BCUT2D eigenvalue weighted by molar-refractivity contribution is 5.93. The summed E-state index contributed by atoms with van der Waals surface area (Å²) in [4.78, 5) is 28.4. The average Bonchev–Trinajstić information content (AvgIpc) is 3.17. The maximum absolute atomic E-state index is 12.9. The summed E-state index contributed by atoms with van der Waals surface area (Å²) in [6, 6.07) is 2.04. The number of likely N-dealkylation sites (tertiary alicyclic amines) is 1. The molecule has 9 nitrogen and oxygen atoms in total. The van der Waals surface area contributed by atoms with Crippen LogP contribution in [0.1, 0.15) is 41.6 Å². The number of carbonyl (C=O) groups excluding carboxylic acids is 2. The van der Waals surface area contributed by atoms with E-state index in [1.54, 1.807) is 9.42 Å². The largest absolute Gasteiger partial charge is 0.447 e. The SMILES string of the molecule is Cc1cc2nnc(C(=O)N3CCC(N4C(=O)OCC4C)CC3)c(C)n2n1. The molecule has 0 N–H and O–H groups in total. The summed E-state index contributed by atoms with van der Waals surface area (Å²) < 4.78 is 6.77. The van der Waals surface area contributed by atoms with Crippen molar-refractivity contribution in [1.82, 2.24) is 29.6 Å². The number of carbonyl (C=O) groups is 2. The molecule has 2 amide bonds. The van der Waals surface area contributed by atoms with Gasteiger partial charge in [0.2, 0.25) is 0 Å². The molecule has 2 fully saturated rings. The number of amides is 2. The summed E-state index contributed by atoms with van der Waals surface area (Å²) in [5, 5.41) is 12.6. The Morgan fingerprint density at radius 1 is 1.23 bits per heavy atom. The zero-order valence-corrected chi connectivity index (χ0v) is 15.2. The third-order valence-corrected chi connectivity index (χ3v) is 5.21. The minimum atomic E-state index is -0.247. The monoisotopic (exact) mass is 358 g/mol. The van der Waals surface area contributed by atoms with Gasteiger partial charge in [-0.15, -0.1) is 10.2 Å². The number of cyclic esters (lactones) is 1. The minimum absolute atomic E-state index is 0.0910. The Morgan fingerprint density at radius 2 is 1.96 bits per heavy atom. The van der Waals surface area contributed by atoms with Crippen LogP contribution in [0.3, 0.4) is 0 Å². The van der Waals surface area contributed by atoms with E-state index >= 15 is 0 Å². The Bertz CT molecular complexity index is 871. The molecule has 2 aliphatic rings. The van der Waals surface area contributed by atoms with Crippen LogP contribution in [0, 0.1) is 13.8 Å². The van der Waals surface area contributed by atoms with Crippen molar-refractivity contribution in [2.45, 2.75) is 45.7 Å². The number of hydrogen-bond donors (Lipinski definition) is 0. The van der Waals surface area contributed by atoms with Crippen LogP contribution in [0.5, 0.6) is 0 Å². The molecule has 2 aromatic heterocycles. The van der Waals surface area contributed by atoms with Gasteiger partial charge >= 0.3 is 6.09 Å². The summed E-state index contributed by atoms with van der Waals surface area (Å²) in [7, 11) is 0. The zero-order chi connectivity index (χ0) is 18.4. The summed E-state index contributed by atoms with van der Waals surface area (Å²) in [6.07, 6.45) is 1.23. The molecule has 1 unspecified atom stereocenters. The first-order chi connectivity index (χ1) is 12.5. The van der Waals surface area contributed by atoms with E-state index in [-0.39, 0.29) is 24.1 Å². The lowest BCUT2D eigenvalue weighted by Crippen LogP contribution is -2.49. The van der Waals surface area contributed by atoms with Crippen LogP contribution in [0.25, 0.3) is 5.65 Å². The van der Waals surface area contributed by atoms with Crippen molar-refractivity contribution in [1.29, 1.82) is 0 Å². The predicted octanol–water partition coefficient (Wildman–Crippen LogP) is 1.19. The lowest BCUT2D eigenvalue weighted by Gasteiger charge is -2.37. The topological polar surface area (TPSA) is 92.9 Å². The van der Waals surface area contributed by atoms with Crippen molar-refractivity contribution in [3.8, 4) is 0 Å². The van der Waals surface area contributed by atoms with Crippen molar-refractivity contribution in [2.24, 2.45) is 0 Å². The third kappa shape index (κ3) is 2.67. The molecule has 9 heteroatoms. The van der Waals surface area contributed by atoms with E-state index in [1.165, 1.54) is 0 Å². The lowest BCUT2D eigenvalue weighted by atomic mass is 10.0. The molecule has 4 rings (SSSR count). The van der Waals surface area contributed by atoms with Gasteiger partial charge < -0.3 is 9.64 Å². The second-order valence-electron chi connectivity index (χ2n) is 7.05. The highest BCUT2D eigenvalue weighted by Crippen LogP contribution is 2.24. The van der Waals surface area contributed by atoms with E-state index in [1.807, 2.05) is 31.7 Å². The highest BCUT2D eigenvalue weighted by atomic mass is 16.6. The molecule has 4 heterocycles. The maximum Gasteiger partial charge on any atom is 0.410 e. The fourth-order valence-electron chi connectivity index (χ4n) is 3.81. The number of fused-ring (bicyclic) bond motifs is 1. The number of piperidine rings is 1. The standard InChI is InChI=1S/C17H22N6O3/c1-10-8-14-18-19-15(12(3)23(14)20-10)16(24)21-6-4-13(5-7-21)22-11(2)9-26-17(22)25/h8,11,13H,4-7,9H2,1-3H3. The van der Waals surface area contributed by atoms with E-state index in [4.69, 9.17) is 4.74 Å². The number of rotatable bonds is 2. The number of ether oxygens (including phenoxy) is 1. The Balaban J connectivity index is 1.49. The summed E-state index contributed by atoms with van der Waals surface area (Å²) >= 11 is 0. The average molecular weight is 358 g/mol. The molecule has 0 aromatic carbocycles. The van der Waals surface area contributed by atoms with E-state index in [2.05, 4.69) is 15.3 Å². The van der Waals surface area contributed by atoms with Gasteiger partial charge in [-0.25, -0.2) is 9.31 Å². The van der Waals surface area contributed by atoms with Gasteiger partial charge in [-0.1, -0.05) is 0 Å². The molecular formula is C17H22N6O3. The first-order valence-corrected chi connectivity index (χ1v) is 8.89. The predicted molar refractivity (Wildman–Crippen MR) is 91.8 cm³/mol. The van der Waals surface area contributed by atoms with Crippen molar-refractivity contribution < 1.29 is 14.3 Å². The van der Waals surface area contributed by atoms with Gasteiger partial charge in [0.1, 0.15) is 6.61 Å². The van der Waals surface area contributed by atoms with E-state index in [0.29, 0.717) is 36.7 Å². The van der Waals surface area contributed by atoms with Crippen LogP contribution in [-0.4, -0.2) is 73.4 Å². The molecule has 2 aromatic rings. The van der Waals surface area contributed by atoms with E-state index in [9.17, 15) is 9.59 Å². The number of aryl methyl sites for hydroxylation is 2. The van der Waals surface area contributed by atoms with E-state index in [0.717, 1.165) is 18.5 Å². The molecule has 1 atom stereocenters. The van der Waals surface area contributed by atoms with Gasteiger partial charge in [-0.3, -0.25) is 9.69 Å². The van der Waals surface area contributed by atoms with Crippen LogP contribution in [0.4, 0.5) is 4.79 Å². The summed E-state index contributed by atoms with van der Waals surface area (Å²) in [5.74, 6) is -0.138. The summed E-state index contributed by atoms with van der Waals surface area (Å²) in [6.45, 7) is 7.30. The first-order valence-electron chi connectivity index (χ1n) is 8.89. The van der Waals surface area contributed by atoms with Gasteiger partial charge in [0.25, 0.3) is 5.91 Å². The Morgan fingerprint density at radius 3 is 2.62 bits per heavy atom. The minimum Gasteiger partial charge on any atom is -0.447 e. The zero-order valence-electron chi connectivity index (χ0n) is 15.2. The molecule has 2 saturated heterocycles. The molecule has 0 saturated carbocycles. The Kier molecular flexibility index (Phi) is 4.01. The Hall–Kier alpha value is -2.71. The third-order valence-electron chi connectivity index (χ3n) is 5.21. The van der Waals surface area contributed by atoms with Gasteiger partial charge in [0.05, 0.1) is 17.4 Å². The van der Waals surface area contributed by atoms with Gasteiger partial charge in [0.15, 0.2) is 11.3 Å². The number of aromatic nitrogens is 4. The van der Waals surface area contributed by atoms with Crippen molar-refractivity contribution in [3.63, 3.8) is 0 Å². The Labute approximate surface area is 150 Å². The molecule has 2 aliphatic heterocycles. The van der Waals surface area contributed by atoms with Crippen LogP contribution in [0.15, 0.2) is 6.07 Å². The quantitative estimate of drug-likeness (QED) is 0.800. The molecule has 0 spiro atoms. The van der Waals surface area contributed by atoms with Crippen molar-refractivity contribution in [3.05, 3.63) is 23.1 Å². The molecule has 0 bridgehead atoms. The highest BCUT2D eigenvalue weighted by Gasteiger charge is 2.38. The normalized spacial score (nSPS) is 21.5. The first kappa shape index (κ1) is 16.7. The lowest BCUT2D eigenvalue weighted by molar-refractivity contribution is 0.0633.